The van der Waals surface area contributed by atoms with E-state index in [0.717, 1.165) is 20.7 Å². The standard InChI is InChI=1S/C14H14BrN3OS/c15-9-5-13(20-8-9)12(6-16)18-7-14(19)17-10-3-1-2-4-11(10)18/h1-5,8,12H,6-7,16H2,(H,17,19). The maximum atomic E-state index is 11.9. The number of anilines is 2. The second-order valence-corrected chi connectivity index (χ2v) is 6.47. The second kappa shape index (κ2) is 5.55. The summed E-state index contributed by atoms with van der Waals surface area (Å²) in [6, 6.07) is 9.90. The third kappa shape index (κ3) is 2.46. The fourth-order valence-electron chi connectivity index (χ4n) is 2.44. The van der Waals surface area contributed by atoms with Crippen molar-refractivity contribution in [3.8, 4) is 0 Å². The molecule has 0 bridgehead atoms. The number of halogens is 1. The Bertz CT molecular complexity index is 643. The molecule has 1 aromatic carbocycles. The summed E-state index contributed by atoms with van der Waals surface area (Å²) in [6.07, 6.45) is 0. The van der Waals surface area contributed by atoms with Crippen LogP contribution >= 0.6 is 27.3 Å². The SMILES string of the molecule is NCC(c1cc(Br)cs1)N1CC(=O)Nc2ccccc21. The summed E-state index contributed by atoms with van der Waals surface area (Å²) in [5.74, 6) is -0.00206. The first-order chi connectivity index (χ1) is 9.69. The number of nitrogens with two attached hydrogens (primary N) is 1. The molecule has 1 aromatic heterocycles. The zero-order valence-electron chi connectivity index (χ0n) is 10.7. The molecule has 0 fully saturated rings. The molecule has 0 radical (unpaired) electrons. The van der Waals surface area contributed by atoms with Crippen molar-refractivity contribution in [2.45, 2.75) is 6.04 Å². The van der Waals surface area contributed by atoms with E-state index in [-0.39, 0.29) is 11.9 Å². The topological polar surface area (TPSA) is 58.4 Å². The van der Waals surface area contributed by atoms with Gasteiger partial charge in [0.05, 0.1) is 24.0 Å². The molecule has 0 spiro atoms. The summed E-state index contributed by atoms with van der Waals surface area (Å²) in [5, 5.41) is 4.93. The van der Waals surface area contributed by atoms with Gasteiger partial charge in [-0.25, -0.2) is 0 Å². The van der Waals surface area contributed by atoms with Crippen LogP contribution in [0.5, 0.6) is 0 Å². The van der Waals surface area contributed by atoms with E-state index in [1.165, 1.54) is 0 Å². The van der Waals surface area contributed by atoms with E-state index in [2.05, 4.69) is 32.2 Å². The molecule has 6 heteroatoms. The fraction of sp³-hybridized carbons (Fsp3) is 0.214. The number of fused-ring (bicyclic) bond motifs is 1. The first kappa shape index (κ1) is 13.6. The average molecular weight is 352 g/mol. The van der Waals surface area contributed by atoms with Crippen molar-refractivity contribution in [2.24, 2.45) is 5.73 Å². The van der Waals surface area contributed by atoms with Gasteiger partial charge in [-0.3, -0.25) is 4.79 Å². The Balaban J connectivity index is 2.02. The lowest BCUT2D eigenvalue weighted by Gasteiger charge is -2.36. The first-order valence-corrected chi connectivity index (χ1v) is 7.96. The molecule has 104 valence electrons. The van der Waals surface area contributed by atoms with E-state index in [9.17, 15) is 4.79 Å². The number of para-hydroxylation sites is 2. The van der Waals surface area contributed by atoms with Gasteiger partial charge in [0.25, 0.3) is 0 Å². The van der Waals surface area contributed by atoms with Gasteiger partial charge in [0.2, 0.25) is 5.91 Å². The highest BCUT2D eigenvalue weighted by molar-refractivity contribution is 9.10. The third-order valence-corrected chi connectivity index (χ3v) is 5.11. The Labute approximate surface area is 129 Å². The molecule has 1 atom stereocenters. The van der Waals surface area contributed by atoms with E-state index in [4.69, 9.17) is 5.73 Å². The maximum absolute atomic E-state index is 11.9. The Morgan fingerprint density at radius 3 is 2.95 bits per heavy atom. The van der Waals surface area contributed by atoms with Gasteiger partial charge in [0.1, 0.15) is 0 Å². The van der Waals surface area contributed by atoms with Crippen LogP contribution in [0.4, 0.5) is 11.4 Å². The highest BCUT2D eigenvalue weighted by atomic mass is 79.9. The zero-order chi connectivity index (χ0) is 14.1. The van der Waals surface area contributed by atoms with E-state index in [0.29, 0.717) is 13.1 Å². The lowest BCUT2D eigenvalue weighted by atomic mass is 10.1. The molecular formula is C14H14BrN3OS. The lowest BCUT2D eigenvalue weighted by molar-refractivity contribution is -0.115. The van der Waals surface area contributed by atoms with Crippen molar-refractivity contribution in [1.29, 1.82) is 0 Å². The monoisotopic (exact) mass is 351 g/mol. The van der Waals surface area contributed by atoms with Crippen molar-refractivity contribution in [3.05, 3.63) is 45.1 Å². The fourth-order valence-corrected chi connectivity index (χ4v) is 4.01. The molecule has 2 aromatic rings. The van der Waals surface area contributed by atoms with Crippen LogP contribution in [-0.4, -0.2) is 19.0 Å². The molecule has 0 saturated carbocycles. The number of nitrogens with one attached hydrogen (secondary N) is 1. The van der Waals surface area contributed by atoms with E-state index < -0.39 is 0 Å². The molecule has 1 amide bonds. The zero-order valence-corrected chi connectivity index (χ0v) is 13.1. The predicted octanol–water partition coefficient (Wildman–Crippen LogP) is 2.97. The molecule has 3 N–H and O–H groups in total. The highest BCUT2D eigenvalue weighted by Gasteiger charge is 2.28. The number of thiophene rings is 1. The third-order valence-electron chi connectivity index (χ3n) is 3.32. The average Bonchev–Trinajstić information content (AvgIpc) is 2.86. The Morgan fingerprint density at radius 2 is 2.25 bits per heavy atom. The molecular weight excluding hydrogens is 338 g/mol. The highest BCUT2D eigenvalue weighted by Crippen LogP contribution is 2.37. The normalized spacial score (nSPS) is 15.7. The van der Waals surface area contributed by atoms with Gasteiger partial charge in [0.15, 0.2) is 0 Å². The van der Waals surface area contributed by atoms with E-state index in [1.54, 1.807) is 11.3 Å². The molecule has 1 aliphatic rings. The van der Waals surface area contributed by atoms with Crippen LogP contribution < -0.4 is 16.0 Å². The number of hydrogen-bond donors (Lipinski definition) is 2. The molecule has 1 unspecified atom stereocenters. The molecule has 1 aliphatic heterocycles. The van der Waals surface area contributed by atoms with Crippen LogP contribution in [0.15, 0.2) is 40.2 Å². The number of carbonyl (C=O) groups is 1. The van der Waals surface area contributed by atoms with Crippen molar-refractivity contribution < 1.29 is 4.79 Å². The Morgan fingerprint density at radius 1 is 1.45 bits per heavy atom. The van der Waals surface area contributed by atoms with Gasteiger partial charge in [-0.1, -0.05) is 12.1 Å². The van der Waals surface area contributed by atoms with Gasteiger partial charge in [-0.05, 0) is 34.1 Å². The lowest BCUT2D eigenvalue weighted by Crippen LogP contribution is -2.42. The molecule has 0 aliphatic carbocycles. The molecule has 2 heterocycles. The number of benzene rings is 1. The summed E-state index contributed by atoms with van der Waals surface area (Å²) in [7, 11) is 0. The van der Waals surface area contributed by atoms with Crippen LogP contribution in [-0.2, 0) is 4.79 Å². The van der Waals surface area contributed by atoms with E-state index >= 15 is 0 Å². The summed E-state index contributed by atoms with van der Waals surface area (Å²) in [5.41, 5.74) is 7.83. The molecule has 3 rings (SSSR count). The smallest absolute Gasteiger partial charge is 0.243 e. The summed E-state index contributed by atoms with van der Waals surface area (Å²) < 4.78 is 1.05. The van der Waals surface area contributed by atoms with Crippen LogP contribution in [0.2, 0.25) is 0 Å². The van der Waals surface area contributed by atoms with Crippen molar-refractivity contribution in [2.75, 3.05) is 23.3 Å². The largest absolute Gasteiger partial charge is 0.351 e. The van der Waals surface area contributed by atoms with Gasteiger partial charge < -0.3 is 16.0 Å². The minimum absolute atomic E-state index is 0.00206. The number of rotatable bonds is 3. The number of amides is 1. The Kier molecular flexibility index (Phi) is 3.78. The van der Waals surface area contributed by atoms with Gasteiger partial charge in [-0.2, -0.15) is 0 Å². The predicted molar refractivity (Wildman–Crippen MR) is 86.2 cm³/mol. The van der Waals surface area contributed by atoms with Crippen LogP contribution in [0.3, 0.4) is 0 Å². The van der Waals surface area contributed by atoms with Crippen molar-refractivity contribution in [3.63, 3.8) is 0 Å². The summed E-state index contributed by atoms with van der Waals surface area (Å²) in [4.78, 5) is 15.1. The quantitative estimate of drug-likeness (QED) is 0.893. The van der Waals surface area contributed by atoms with Crippen LogP contribution in [0, 0.1) is 0 Å². The van der Waals surface area contributed by atoms with E-state index in [1.807, 2.05) is 29.6 Å². The number of nitrogens with zero attached hydrogens (tertiary/aromatic N) is 1. The molecule has 0 saturated heterocycles. The van der Waals surface area contributed by atoms with Gasteiger partial charge >= 0.3 is 0 Å². The number of hydrogen-bond acceptors (Lipinski definition) is 4. The van der Waals surface area contributed by atoms with Gasteiger partial charge in [-0.15, -0.1) is 11.3 Å². The minimum atomic E-state index is -0.00206. The van der Waals surface area contributed by atoms with Crippen LogP contribution in [0.25, 0.3) is 0 Å². The molecule has 20 heavy (non-hydrogen) atoms. The Hall–Kier alpha value is -1.37. The van der Waals surface area contributed by atoms with Crippen molar-refractivity contribution >= 4 is 44.5 Å². The number of carbonyl (C=O) groups excluding carboxylic acids is 1. The van der Waals surface area contributed by atoms with Crippen LogP contribution in [0.1, 0.15) is 10.9 Å². The second-order valence-electron chi connectivity index (χ2n) is 4.61. The summed E-state index contributed by atoms with van der Waals surface area (Å²) in [6.45, 7) is 0.795. The summed E-state index contributed by atoms with van der Waals surface area (Å²) >= 11 is 5.12. The molecule has 4 nitrogen and oxygen atoms in total. The maximum Gasteiger partial charge on any atom is 0.243 e. The minimum Gasteiger partial charge on any atom is -0.351 e. The first-order valence-electron chi connectivity index (χ1n) is 6.28. The van der Waals surface area contributed by atoms with Gasteiger partial charge in [0, 0.05) is 21.3 Å². The van der Waals surface area contributed by atoms with Crippen molar-refractivity contribution in [1.82, 2.24) is 0 Å².